The molecular weight excluding hydrogens is 601 g/mol. The van der Waals surface area contributed by atoms with Gasteiger partial charge in [-0.3, -0.25) is 9.59 Å². The van der Waals surface area contributed by atoms with Gasteiger partial charge in [0, 0.05) is 15.9 Å². The first-order valence-corrected chi connectivity index (χ1v) is 16.0. The van der Waals surface area contributed by atoms with Crippen LogP contribution < -0.4 is 15.8 Å². The molecule has 0 saturated heterocycles. The molecule has 0 aliphatic heterocycles. The van der Waals surface area contributed by atoms with Gasteiger partial charge < -0.3 is 11.1 Å². The van der Waals surface area contributed by atoms with Crippen molar-refractivity contribution in [3.63, 3.8) is 0 Å². The van der Waals surface area contributed by atoms with Crippen LogP contribution in [-0.4, -0.2) is 31.8 Å². The molecule has 2 unspecified atom stereocenters. The van der Waals surface area contributed by atoms with Gasteiger partial charge in [-0.15, -0.1) is 0 Å². The number of primary amides is 1. The minimum atomic E-state index is -4.03. The van der Waals surface area contributed by atoms with E-state index < -0.39 is 21.0 Å². The molecule has 7 nitrogen and oxygen atoms in total. The van der Waals surface area contributed by atoms with Crippen molar-refractivity contribution in [3.05, 3.63) is 28.8 Å². The Hall–Kier alpha value is -0.910. The average molecular weight is 634 g/mol. The fourth-order valence-corrected chi connectivity index (χ4v) is 10.8. The number of hydrogen-bond acceptors (Lipinski definition) is 4. The van der Waals surface area contributed by atoms with Crippen LogP contribution in [0.25, 0.3) is 0 Å². The zero-order chi connectivity index (χ0) is 25.0. The maximum Gasteiger partial charge on any atom is 0.243 e. The van der Waals surface area contributed by atoms with Crippen molar-refractivity contribution in [3.8, 4) is 0 Å². The molecule has 0 aromatic heterocycles. The maximum absolute atomic E-state index is 13.9. The van der Waals surface area contributed by atoms with Crippen LogP contribution in [0.2, 0.25) is 5.02 Å². The number of sulfonamides is 1. The molecule has 10 heteroatoms. The zero-order valence-corrected chi connectivity index (χ0v) is 23.4. The van der Waals surface area contributed by atoms with Crippen molar-refractivity contribution in [2.45, 2.75) is 85.1 Å². The quantitative estimate of drug-likeness (QED) is 0.310. The first kappa shape index (κ1) is 25.7. The lowest BCUT2D eigenvalue weighted by molar-refractivity contribution is -0.148. The number of rotatable bonds is 7. The summed E-state index contributed by atoms with van der Waals surface area (Å²) in [6, 6.07) is 5.02. The molecule has 5 aliphatic rings. The van der Waals surface area contributed by atoms with Crippen molar-refractivity contribution in [1.82, 2.24) is 10.0 Å². The molecule has 2 amide bonds. The highest BCUT2D eigenvalue weighted by Gasteiger charge is 2.59. The Morgan fingerprint density at radius 1 is 1.09 bits per heavy atom. The number of carbonyl (C=O) groups excluding carboxylic acids is 2. The van der Waals surface area contributed by atoms with Gasteiger partial charge in [0.15, 0.2) is 0 Å². The number of nitrogens with two attached hydrogens (primary N) is 1. The Kier molecular flexibility index (Phi) is 6.94. The first-order chi connectivity index (χ1) is 16.6. The summed E-state index contributed by atoms with van der Waals surface area (Å²) in [5, 5.41) is 3.46. The van der Waals surface area contributed by atoms with E-state index in [1.165, 1.54) is 0 Å². The molecule has 4 bridgehead atoms. The van der Waals surface area contributed by atoms with E-state index >= 15 is 0 Å². The summed E-state index contributed by atoms with van der Waals surface area (Å²) in [6.07, 6.45) is 7.74. The second kappa shape index (κ2) is 9.44. The number of carbonyl (C=O) groups is 2. The van der Waals surface area contributed by atoms with Crippen LogP contribution in [0.15, 0.2) is 23.1 Å². The predicted molar refractivity (Wildman–Crippen MR) is 142 cm³/mol. The van der Waals surface area contributed by atoms with Crippen LogP contribution in [0, 0.1) is 23.2 Å². The Labute approximate surface area is 225 Å². The number of alkyl halides is 1. The van der Waals surface area contributed by atoms with Crippen molar-refractivity contribution >= 4 is 56.0 Å². The Morgan fingerprint density at radius 2 is 1.74 bits per heavy atom. The lowest BCUT2D eigenvalue weighted by Gasteiger charge is -2.59. The van der Waals surface area contributed by atoms with Crippen molar-refractivity contribution in [1.29, 1.82) is 0 Å². The number of amides is 2. The highest BCUT2D eigenvalue weighted by Crippen LogP contribution is 2.60. The smallest absolute Gasteiger partial charge is 0.243 e. The summed E-state index contributed by atoms with van der Waals surface area (Å²) in [5.41, 5.74) is 4.81. The third-order valence-corrected chi connectivity index (χ3v) is 12.0. The van der Waals surface area contributed by atoms with Crippen LogP contribution in [0.1, 0.15) is 69.8 Å². The molecule has 5 saturated carbocycles. The maximum atomic E-state index is 13.9. The topological polar surface area (TPSA) is 118 Å². The normalized spacial score (nSPS) is 33.4. The van der Waals surface area contributed by atoms with Crippen LogP contribution in [0.5, 0.6) is 0 Å². The van der Waals surface area contributed by atoms with Gasteiger partial charge in [-0.25, -0.2) is 8.42 Å². The van der Waals surface area contributed by atoms with Crippen LogP contribution in [-0.2, 0) is 24.0 Å². The third-order valence-electron chi connectivity index (χ3n) is 9.03. The Morgan fingerprint density at radius 3 is 2.34 bits per heavy atom. The summed E-state index contributed by atoms with van der Waals surface area (Å²) in [6.45, 7) is 0. The van der Waals surface area contributed by atoms with E-state index in [0.29, 0.717) is 28.8 Å². The number of nitrogens with one attached hydrogen (secondary N) is 2. The van der Waals surface area contributed by atoms with Crippen molar-refractivity contribution in [2.75, 3.05) is 0 Å². The largest absolute Gasteiger partial charge is 0.369 e. The fraction of sp³-hybridized carbons (Fsp3) is 0.680. The van der Waals surface area contributed by atoms with Gasteiger partial charge in [-0.2, -0.15) is 4.72 Å². The lowest BCUT2D eigenvalue weighted by atomic mass is 9.47. The first-order valence-electron chi connectivity index (χ1n) is 12.6. The van der Waals surface area contributed by atoms with Crippen LogP contribution >= 0.6 is 34.2 Å². The molecule has 5 fully saturated rings. The van der Waals surface area contributed by atoms with Gasteiger partial charge in [0.2, 0.25) is 21.8 Å². The summed E-state index contributed by atoms with van der Waals surface area (Å²) in [5.74, 6) is 0.467. The van der Waals surface area contributed by atoms with E-state index in [9.17, 15) is 18.0 Å². The Balaban J connectivity index is 1.41. The van der Waals surface area contributed by atoms with Gasteiger partial charge in [-0.05, 0) is 74.3 Å². The molecule has 0 spiro atoms. The molecule has 0 radical (unpaired) electrons. The van der Waals surface area contributed by atoms with Gasteiger partial charge in [0.05, 0.1) is 5.02 Å². The van der Waals surface area contributed by atoms with E-state index in [2.05, 4.69) is 32.6 Å². The van der Waals surface area contributed by atoms with Gasteiger partial charge in [0.25, 0.3) is 0 Å². The molecular formula is C25H33ClIN3O4S. The highest BCUT2D eigenvalue weighted by atomic mass is 127. The summed E-state index contributed by atoms with van der Waals surface area (Å²) >= 11 is 8.47. The molecule has 4 N–H and O–H groups in total. The van der Waals surface area contributed by atoms with E-state index in [1.54, 1.807) is 18.2 Å². The molecule has 1 aromatic carbocycles. The summed E-state index contributed by atoms with van der Waals surface area (Å²) in [7, 11) is -4.03. The second-order valence-corrected chi connectivity index (χ2v) is 14.0. The molecule has 1 aromatic rings. The standard InChI is InChI=1S/C25H33ClIN3O4S/c26-19-6-4-5-16(14-27)21(19)35(33,34)30-25(7-2-1-3-8-25)23(32)29-20-17-9-15-10-18(20)13-24(11-15,12-17)22(28)31/h4-6,15,17-18,20,30H,1-3,7-14H2,(H2,28,31)(H,29,32). The van der Waals surface area contributed by atoms with Gasteiger partial charge in [0.1, 0.15) is 10.4 Å². The molecule has 192 valence electrons. The predicted octanol–water partition coefficient (Wildman–Crippen LogP) is 4.05. The molecule has 5 aliphatic carbocycles. The second-order valence-electron chi connectivity index (χ2n) is 11.2. The minimum Gasteiger partial charge on any atom is -0.369 e. The van der Waals surface area contributed by atoms with E-state index in [0.717, 1.165) is 51.4 Å². The summed E-state index contributed by atoms with van der Waals surface area (Å²) in [4.78, 5) is 26.3. The third kappa shape index (κ3) is 4.52. The molecule has 0 heterocycles. The fourth-order valence-electron chi connectivity index (χ4n) is 7.65. The average Bonchev–Trinajstić information content (AvgIpc) is 2.80. The van der Waals surface area contributed by atoms with Crippen LogP contribution in [0.3, 0.4) is 0 Å². The monoisotopic (exact) mass is 633 g/mol. The van der Waals surface area contributed by atoms with E-state index in [1.807, 2.05) is 0 Å². The number of hydrogen-bond donors (Lipinski definition) is 3. The van der Waals surface area contributed by atoms with Gasteiger partial charge in [-0.1, -0.05) is 65.6 Å². The van der Waals surface area contributed by atoms with Gasteiger partial charge >= 0.3 is 0 Å². The number of benzene rings is 1. The highest BCUT2D eigenvalue weighted by molar-refractivity contribution is 14.1. The van der Waals surface area contributed by atoms with Crippen molar-refractivity contribution in [2.24, 2.45) is 28.9 Å². The molecule has 6 rings (SSSR count). The molecule has 35 heavy (non-hydrogen) atoms. The zero-order valence-electron chi connectivity index (χ0n) is 19.7. The Bertz CT molecular complexity index is 1120. The lowest BCUT2D eigenvalue weighted by Crippen LogP contribution is -2.66. The van der Waals surface area contributed by atoms with Crippen molar-refractivity contribution < 1.29 is 18.0 Å². The SMILES string of the molecule is NC(=O)C12CC3CC(C1)C(NC(=O)C1(NS(=O)(=O)c4c(Cl)cccc4CI)CCCCC1)C(C3)C2. The van der Waals surface area contributed by atoms with Crippen LogP contribution in [0.4, 0.5) is 0 Å². The summed E-state index contributed by atoms with van der Waals surface area (Å²) < 4.78 is 30.6. The molecule has 2 atom stereocenters. The minimum absolute atomic E-state index is 0.0416. The number of halogens is 2. The van der Waals surface area contributed by atoms with E-state index in [4.69, 9.17) is 17.3 Å². The van der Waals surface area contributed by atoms with E-state index in [-0.39, 0.29) is 39.6 Å².